The van der Waals surface area contributed by atoms with Crippen LogP contribution < -0.4 is 5.32 Å². The monoisotopic (exact) mass is 412 g/mol. The summed E-state index contributed by atoms with van der Waals surface area (Å²) in [7, 11) is 0. The van der Waals surface area contributed by atoms with Gasteiger partial charge in [0.25, 0.3) is 5.91 Å². The second-order valence-electron chi connectivity index (χ2n) is 7.88. The van der Waals surface area contributed by atoms with Gasteiger partial charge < -0.3 is 19.8 Å². The Hall–Kier alpha value is -3.80. The average molecular weight is 412 g/mol. The van der Waals surface area contributed by atoms with Crippen molar-refractivity contribution in [1.29, 1.82) is 0 Å². The van der Waals surface area contributed by atoms with Crippen LogP contribution in [0.4, 0.5) is 0 Å². The SMILES string of the molecule is O=C(NCCc1c[nH]c2ccccc12)C1Cn2cccc2C(=O)N1Cc1ccccc1. The van der Waals surface area contributed by atoms with E-state index in [1.54, 1.807) is 4.90 Å². The number of carbonyl (C=O) groups excluding carboxylic acids is 2. The molecule has 2 amide bonds. The van der Waals surface area contributed by atoms with Gasteiger partial charge in [-0.15, -0.1) is 0 Å². The van der Waals surface area contributed by atoms with Crippen LogP contribution in [0.2, 0.25) is 0 Å². The lowest BCUT2D eigenvalue weighted by Crippen LogP contribution is -2.54. The van der Waals surface area contributed by atoms with E-state index in [0.29, 0.717) is 25.3 Å². The number of hydrogen-bond donors (Lipinski definition) is 2. The number of carbonyl (C=O) groups is 2. The normalized spacial score (nSPS) is 15.8. The van der Waals surface area contributed by atoms with Crippen LogP contribution in [0.15, 0.2) is 79.1 Å². The van der Waals surface area contributed by atoms with Crippen LogP contribution in [0.3, 0.4) is 0 Å². The number of fused-ring (bicyclic) bond motifs is 2. The van der Waals surface area contributed by atoms with E-state index in [2.05, 4.69) is 16.4 Å². The average Bonchev–Trinajstić information content (AvgIpc) is 3.44. The van der Waals surface area contributed by atoms with Crippen molar-refractivity contribution in [3.63, 3.8) is 0 Å². The third kappa shape index (κ3) is 3.72. The molecule has 0 bridgehead atoms. The first-order chi connectivity index (χ1) is 15.2. The zero-order chi connectivity index (χ0) is 21.2. The van der Waals surface area contributed by atoms with E-state index < -0.39 is 6.04 Å². The molecule has 6 heteroatoms. The molecular weight excluding hydrogens is 388 g/mol. The smallest absolute Gasteiger partial charge is 0.271 e. The molecule has 156 valence electrons. The Bertz CT molecular complexity index is 1220. The lowest BCUT2D eigenvalue weighted by molar-refractivity contribution is -0.126. The van der Waals surface area contributed by atoms with Gasteiger partial charge in [0.1, 0.15) is 11.7 Å². The molecule has 0 saturated heterocycles. The van der Waals surface area contributed by atoms with Crippen LogP contribution in [0.25, 0.3) is 10.9 Å². The fourth-order valence-corrected chi connectivity index (χ4v) is 4.30. The Labute approximate surface area is 180 Å². The fourth-order valence-electron chi connectivity index (χ4n) is 4.30. The second-order valence-corrected chi connectivity index (χ2v) is 7.88. The number of hydrogen-bond acceptors (Lipinski definition) is 2. The highest BCUT2D eigenvalue weighted by Crippen LogP contribution is 2.22. The predicted octanol–water partition coefficient (Wildman–Crippen LogP) is 3.35. The summed E-state index contributed by atoms with van der Waals surface area (Å²) in [5, 5.41) is 4.23. The number of amides is 2. The van der Waals surface area contributed by atoms with Gasteiger partial charge in [0, 0.05) is 36.4 Å². The zero-order valence-corrected chi connectivity index (χ0v) is 17.1. The lowest BCUT2D eigenvalue weighted by Gasteiger charge is -2.35. The van der Waals surface area contributed by atoms with Crippen LogP contribution >= 0.6 is 0 Å². The fraction of sp³-hybridized carbons (Fsp3) is 0.200. The van der Waals surface area contributed by atoms with Crippen molar-refractivity contribution in [2.45, 2.75) is 25.6 Å². The third-order valence-electron chi connectivity index (χ3n) is 5.92. The molecule has 0 spiro atoms. The molecule has 1 atom stereocenters. The molecule has 1 unspecified atom stereocenters. The summed E-state index contributed by atoms with van der Waals surface area (Å²) in [5.41, 5.74) is 3.89. The quantitative estimate of drug-likeness (QED) is 0.510. The number of rotatable bonds is 6. The van der Waals surface area contributed by atoms with Crippen LogP contribution in [0, 0.1) is 0 Å². The number of aromatic nitrogens is 2. The van der Waals surface area contributed by atoms with Gasteiger partial charge in [-0.05, 0) is 35.7 Å². The summed E-state index contributed by atoms with van der Waals surface area (Å²) in [6.07, 6.45) is 4.58. The molecule has 4 aromatic rings. The highest BCUT2D eigenvalue weighted by Gasteiger charge is 2.36. The van der Waals surface area contributed by atoms with Crippen molar-refractivity contribution in [2.75, 3.05) is 6.54 Å². The highest BCUT2D eigenvalue weighted by atomic mass is 16.2. The molecule has 0 aliphatic carbocycles. The van der Waals surface area contributed by atoms with E-state index in [9.17, 15) is 9.59 Å². The van der Waals surface area contributed by atoms with Crippen molar-refractivity contribution < 1.29 is 9.59 Å². The van der Waals surface area contributed by atoms with Crippen molar-refractivity contribution in [2.24, 2.45) is 0 Å². The summed E-state index contributed by atoms with van der Waals surface area (Å²) >= 11 is 0. The molecule has 0 fully saturated rings. The Morgan fingerprint density at radius 2 is 1.84 bits per heavy atom. The molecule has 1 aliphatic rings. The van der Waals surface area contributed by atoms with E-state index in [1.165, 1.54) is 10.9 Å². The van der Waals surface area contributed by atoms with E-state index in [4.69, 9.17) is 0 Å². The Morgan fingerprint density at radius 3 is 2.71 bits per heavy atom. The topological polar surface area (TPSA) is 70.1 Å². The largest absolute Gasteiger partial charge is 0.361 e. The minimum absolute atomic E-state index is 0.114. The number of nitrogens with zero attached hydrogens (tertiary/aromatic N) is 2. The molecule has 3 heterocycles. The highest BCUT2D eigenvalue weighted by molar-refractivity contribution is 5.97. The molecule has 5 rings (SSSR count). The maximum atomic E-state index is 13.1. The van der Waals surface area contributed by atoms with Crippen molar-refractivity contribution in [3.05, 3.63) is 95.9 Å². The second kappa shape index (κ2) is 8.14. The van der Waals surface area contributed by atoms with Crippen LogP contribution in [0.5, 0.6) is 0 Å². The van der Waals surface area contributed by atoms with Crippen LogP contribution in [0.1, 0.15) is 21.6 Å². The van der Waals surface area contributed by atoms with E-state index in [-0.39, 0.29) is 11.8 Å². The molecule has 0 saturated carbocycles. The summed E-state index contributed by atoms with van der Waals surface area (Å²) in [4.78, 5) is 31.2. The molecule has 2 aromatic carbocycles. The number of benzene rings is 2. The lowest BCUT2D eigenvalue weighted by atomic mass is 10.1. The van der Waals surface area contributed by atoms with Gasteiger partial charge in [-0.2, -0.15) is 0 Å². The zero-order valence-electron chi connectivity index (χ0n) is 17.1. The molecular formula is C25H24N4O2. The van der Waals surface area contributed by atoms with Gasteiger partial charge in [-0.25, -0.2) is 0 Å². The van der Waals surface area contributed by atoms with Crippen molar-refractivity contribution >= 4 is 22.7 Å². The number of para-hydroxylation sites is 1. The summed E-state index contributed by atoms with van der Waals surface area (Å²) in [5.74, 6) is -0.236. The first kappa shape index (κ1) is 19.2. The Kier molecular flexibility index (Phi) is 5.04. The maximum Gasteiger partial charge on any atom is 0.271 e. The first-order valence-electron chi connectivity index (χ1n) is 10.5. The van der Waals surface area contributed by atoms with E-state index in [1.807, 2.05) is 77.6 Å². The maximum absolute atomic E-state index is 13.1. The van der Waals surface area contributed by atoms with Gasteiger partial charge in [0.15, 0.2) is 0 Å². The summed E-state index contributed by atoms with van der Waals surface area (Å²) in [6.45, 7) is 1.38. The molecule has 6 nitrogen and oxygen atoms in total. The molecule has 0 radical (unpaired) electrons. The predicted molar refractivity (Wildman–Crippen MR) is 120 cm³/mol. The standard InChI is InChI=1S/C25H24N4O2/c30-24(26-13-12-19-15-27-21-10-5-4-9-20(19)21)23-17-28-14-6-11-22(28)25(31)29(23)16-18-7-2-1-3-8-18/h1-11,14-15,23,27H,12-13,16-17H2,(H,26,30). The molecule has 2 aromatic heterocycles. The number of H-pyrrole nitrogens is 1. The third-order valence-corrected chi connectivity index (χ3v) is 5.92. The molecule has 2 N–H and O–H groups in total. The Morgan fingerprint density at radius 1 is 1.03 bits per heavy atom. The molecule has 31 heavy (non-hydrogen) atoms. The van der Waals surface area contributed by atoms with Gasteiger partial charge in [0.05, 0.1) is 6.54 Å². The van der Waals surface area contributed by atoms with Crippen molar-refractivity contribution in [3.8, 4) is 0 Å². The van der Waals surface area contributed by atoms with Gasteiger partial charge in [-0.3, -0.25) is 9.59 Å². The van der Waals surface area contributed by atoms with Crippen LogP contribution in [-0.4, -0.2) is 38.9 Å². The van der Waals surface area contributed by atoms with Gasteiger partial charge >= 0.3 is 0 Å². The Balaban J connectivity index is 1.31. The number of aromatic amines is 1. The van der Waals surface area contributed by atoms with Crippen molar-refractivity contribution in [1.82, 2.24) is 19.8 Å². The minimum atomic E-state index is -0.546. The van der Waals surface area contributed by atoms with Gasteiger partial charge in [-0.1, -0.05) is 48.5 Å². The van der Waals surface area contributed by atoms with E-state index >= 15 is 0 Å². The molecule has 1 aliphatic heterocycles. The first-order valence-corrected chi connectivity index (χ1v) is 10.5. The van der Waals surface area contributed by atoms with E-state index in [0.717, 1.165) is 17.5 Å². The van der Waals surface area contributed by atoms with Crippen LogP contribution in [-0.2, 0) is 24.3 Å². The summed E-state index contributed by atoms with van der Waals surface area (Å²) < 4.78 is 1.87. The number of nitrogens with one attached hydrogen (secondary N) is 2. The minimum Gasteiger partial charge on any atom is -0.361 e. The summed E-state index contributed by atoms with van der Waals surface area (Å²) in [6, 6.07) is 21.1. The van der Waals surface area contributed by atoms with Gasteiger partial charge in [0.2, 0.25) is 5.91 Å².